The number of anilines is 2. The highest BCUT2D eigenvalue weighted by Gasteiger charge is 2.22. The van der Waals surface area contributed by atoms with E-state index in [-0.39, 0.29) is 12.0 Å². The van der Waals surface area contributed by atoms with Crippen LogP contribution in [0.3, 0.4) is 0 Å². The van der Waals surface area contributed by atoms with E-state index in [1.807, 2.05) is 26.0 Å². The van der Waals surface area contributed by atoms with Crippen LogP contribution in [-0.4, -0.2) is 18.6 Å². The van der Waals surface area contributed by atoms with E-state index >= 15 is 0 Å². The number of nitrogen functional groups attached to an aromatic ring is 1. The van der Waals surface area contributed by atoms with Crippen LogP contribution in [0.5, 0.6) is 0 Å². The molecule has 0 saturated carbocycles. The monoisotopic (exact) mass is 248 g/mol. The minimum Gasteiger partial charge on any atom is -0.398 e. The summed E-state index contributed by atoms with van der Waals surface area (Å²) in [5.41, 5.74) is 9.38. The summed E-state index contributed by atoms with van der Waals surface area (Å²) in [6.45, 7) is 4.59. The van der Waals surface area contributed by atoms with Gasteiger partial charge in [-0.05, 0) is 50.3 Å². The number of ether oxygens (including phenoxy) is 1. The van der Waals surface area contributed by atoms with Crippen molar-refractivity contribution in [3.05, 3.63) is 23.3 Å². The number of carbonyl (C=O) groups is 1. The number of nitrogens with one attached hydrogen (secondary N) is 1. The Morgan fingerprint density at radius 2 is 2.11 bits per heavy atom. The maximum absolute atomic E-state index is 12.0. The molecule has 18 heavy (non-hydrogen) atoms. The van der Waals surface area contributed by atoms with Crippen molar-refractivity contribution >= 4 is 17.3 Å². The average Bonchev–Trinajstić information content (AvgIpc) is 2.37. The maximum atomic E-state index is 12.0. The van der Waals surface area contributed by atoms with Gasteiger partial charge in [0.1, 0.15) is 6.10 Å². The van der Waals surface area contributed by atoms with Crippen molar-refractivity contribution in [1.29, 1.82) is 0 Å². The van der Waals surface area contributed by atoms with Gasteiger partial charge in [-0.1, -0.05) is 6.07 Å². The number of hydrogen-bond acceptors (Lipinski definition) is 3. The Morgan fingerprint density at radius 1 is 1.33 bits per heavy atom. The van der Waals surface area contributed by atoms with Crippen LogP contribution in [0.15, 0.2) is 12.1 Å². The van der Waals surface area contributed by atoms with Crippen molar-refractivity contribution in [2.75, 3.05) is 17.7 Å². The molecular formula is C14H20N2O2. The molecular weight excluding hydrogens is 228 g/mol. The molecule has 1 atom stereocenters. The van der Waals surface area contributed by atoms with Crippen molar-refractivity contribution in [3.63, 3.8) is 0 Å². The first kappa shape index (κ1) is 12.9. The fourth-order valence-corrected chi connectivity index (χ4v) is 2.16. The van der Waals surface area contributed by atoms with E-state index in [4.69, 9.17) is 10.5 Å². The Labute approximate surface area is 108 Å². The molecule has 4 nitrogen and oxygen atoms in total. The quantitative estimate of drug-likeness (QED) is 0.790. The number of hydrogen-bond donors (Lipinski definition) is 2. The van der Waals surface area contributed by atoms with Gasteiger partial charge in [-0.3, -0.25) is 4.79 Å². The molecule has 0 bridgehead atoms. The first-order chi connectivity index (χ1) is 8.58. The molecule has 0 spiro atoms. The van der Waals surface area contributed by atoms with Crippen molar-refractivity contribution in [3.8, 4) is 0 Å². The summed E-state index contributed by atoms with van der Waals surface area (Å²) in [7, 11) is 0. The molecule has 1 fully saturated rings. The van der Waals surface area contributed by atoms with Crippen molar-refractivity contribution in [2.45, 2.75) is 39.2 Å². The second-order valence-electron chi connectivity index (χ2n) is 4.87. The van der Waals surface area contributed by atoms with Gasteiger partial charge >= 0.3 is 0 Å². The van der Waals surface area contributed by atoms with Gasteiger partial charge in [0.15, 0.2) is 0 Å². The predicted molar refractivity (Wildman–Crippen MR) is 72.5 cm³/mol. The Morgan fingerprint density at radius 3 is 2.78 bits per heavy atom. The number of nitrogens with two attached hydrogens (primary N) is 1. The Balaban J connectivity index is 2.08. The summed E-state index contributed by atoms with van der Waals surface area (Å²) in [6.07, 6.45) is 2.57. The van der Waals surface area contributed by atoms with E-state index in [0.717, 1.165) is 36.1 Å². The van der Waals surface area contributed by atoms with Gasteiger partial charge in [-0.2, -0.15) is 0 Å². The Bertz CT molecular complexity index is 451. The van der Waals surface area contributed by atoms with Crippen LogP contribution in [0.4, 0.5) is 11.4 Å². The maximum Gasteiger partial charge on any atom is 0.253 e. The number of benzene rings is 1. The van der Waals surface area contributed by atoms with Gasteiger partial charge < -0.3 is 15.8 Å². The molecule has 1 aliphatic heterocycles. The van der Waals surface area contributed by atoms with E-state index in [1.54, 1.807) is 0 Å². The molecule has 1 aromatic carbocycles. The molecule has 0 radical (unpaired) electrons. The van der Waals surface area contributed by atoms with Gasteiger partial charge in [0.05, 0.1) is 0 Å². The molecule has 0 aliphatic carbocycles. The highest BCUT2D eigenvalue weighted by Crippen LogP contribution is 2.23. The molecule has 1 unspecified atom stereocenters. The predicted octanol–water partition coefficient (Wildman–Crippen LogP) is 2.39. The third-order valence-corrected chi connectivity index (χ3v) is 3.34. The topological polar surface area (TPSA) is 64.3 Å². The largest absolute Gasteiger partial charge is 0.398 e. The lowest BCUT2D eigenvalue weighted by molar-refractivity contribution is -0.129. The van der Waals surface area contributed by atoms with Crippen LogP contribution >= 0.6 is 0 Å². The van der Waals surface area contributed by atoms with Gasteiger partial charge in [-0.15, -0.1) is 0 Å². The molecule has 3 N–H and O–H groups in total. The normalized spacial score (nSPS) is 19.6. The van der Waals surface area contributed by atoms with Gasteiger partial charge in [0.25, 0.3) is 5.91 Å². The SMILES string of the molecule is Cc1cc(C)c(NC(=O)C2CCCCO2)cc1N. The minimum absolute atomic E-state index is 0.0685. The summed E-state index contributed by atoms with van der Waals surface area (Å²) in [5, 5.41) is 2.90. The zero-order valence-corrected chi connectivity index (χ0v) is 11.0. The number of carbonyl (C=O) groups excluding carboxylic acids is 1. The molecule has 1 aliphatic rings. The number of rotatable bonds is 2. The number of aryl methyl sites for hydroxylation is 2. The minimum atomic E-state index is -0.319. The molecule has 2 rings (SSSR count). The van der Waals surface area contributed by atoms with Gasteiger partial charge in [0.2, 0.25) is 0 Å². The lowest BCUT2D eigenvalue weighted by Crippen LogP contribution is -2.33. The molecule has 98 valence electrons. The Hall–Kier alpha value is -1.55. The standard InChI is InChI=1S/C14H20N2O2/c1-9-7-10(2)12(8-11(9)15)16-14(17)13-5-3-4-6-18-13/h7-8,13H,3-6,15H2,1-2H3,(H,16,17). The average molecular weight is 248 g/mol. The fraction of sp³-hybridized carbons (Fsp3) is 0.500. The lowest BCUT2D eigenvalue weighted by Gasteiger charge is -2.22. The van der Waals surface area contributed by atoms with E-state index in [0.29, 0.717) is 12.3 Å². The summed E-state index contributed by atoms with van der Waals surface area (Å²) in [4.78, 5) is 12.0. The molecule has 1 aromatic rings. The van der Waals surface area contributed by atoms with Crippen LogP contribution < -0.4 is 11.1 Å². The van der Waals surface area contributed by atoms with Gasteiger partial charge in [-0.25, -0.2) is 0 Å². The summed E-state index contributed by atoms with van der Waals surface area (Å²) >= 11 is 0. The summed E-state index contributed by atoms with van der Waals surface area (Å²) < 4.78 is 5.46. The first-order valence-corrected chi connectivity index (χ1v) is 6.37. The van der Waals surface area contributed by atoms with Crippen LogP contribution in [0, 0.1) is 13.8 Å². The van der Waals surface area contributed by atoms with Crippen LogP contribution in [0.1, 0.15) is 30.4 Å². The first-order valence-electron chi connectivity index (χ1n) is 6.37. The van der Waals surface area contributed by atoms with Crippen LogP contribution in [0.2, 0.25) is 0 Å². The van der Waals surface area contributed by atoms with E-state index in [9.17, 15) is 4.79 Å². The molecule has 1 heterocycles. The molecule has 1 amide bonds. The second kappa shape index (κ2) is 5.40. The Kier molecular flexibility index (Phi) is 3.87. The van der Waals surface area contributed by atoms with Gasteiger partial charge in [0, 0.05) is 18.0 Å². The molecule has 0 aromatic heterocycles. The smallest absolute Gasteiger partial charge is 0.253 e. The van der Waals surface area contributed by atoms with Crippen molar-refractivity contribution in [2.24, 2.45) is 0 Å². The highest BCUT2D eigenvalue weighted by molar-refractivity contribution is 5.95. The third-order valence-electron chi connectivity index (χ3n) is 3.34. The zero-order valence-electron chi connectivity index (χ0n) is 11.0. The summed E-state index contributed by atoms with van der Waals surface area (Å²) in [6, 6.07) is 3.79. The summed E-state index contributed by atoms with van der Waals surface area (Å²) in [5.74, 6) is -0.0685. The highest BCUT2D eigenvalue weighted by atomic mass is 16.5. The zero-order chi connectivity index (χ0) is 13.1. The lowest BCUT2D eigenvalue weighted by atomic mass is 10.1. The molecule has 4 heteroatoms. The number of amides is 1. The van der Waals surface area contributed by atoms with Crippen LogP contribution in [-0.2, 0) is 9.53 Å². The third kappa shape index (κ3) is 2.82. The van der Waals surface area contributed by atoms with Crippen molar-refractivity contribution < 1.29 is 9.53 Å². The van der Waals surface area contributed by atoms with E-state index < -0.39 is 0 Å². The second-order valence-corrected chi connectivity index (χ2v) is 4.87. The van der Waals surface area contributed by atoms with Crippen molar-refractivity contribution in [1.82, 2.24) is 0 Å². The van der Waals surface area contributed by atoms with E-state index in [1.165, 1.54) is 0 Å². The fourth-order valence-electron chi connectivity index (χ4n) is 2.16. The van der Waals surface area contributed by atoms with Crippen LogP contribution in [0.25, 0.3) is 0 Å². The van der Waals surface area contributed by atoms with E-state index in [2.05, 4.69) is 5.32 Å². The molecule has 1 saturated heterocycles.